The van der Waals surface area contributed by atoms with Crippen LogP contribution in [0.25, 0.3) is 22.4 Å². The van der Waals surface area contributed by atoms with E-state index in [0.717, 1.165) is 29.0 Å². The first-order chi connectivity index (χ1) is 13.7. The van der Waals surface area contributed by atoms with Gasteiger partial charge in [0.2, 0.25) is 4.96 Å². The van der Waals surface area contributed by atoms with E-state index in [0.29, 0.717) is 21.9 Å². The molecule has 0 N–H and O–H groups in total. The van der Waals surface area contributed by atoms with Gasteiger partial charge in [0.15, 0.2) is 5.82 Å². The summed E-state index contributed by atoms with van der Waals surface area (Å²) in [4.78, 5) is 17.8. The second-order valence-electron chi connectivity index (χ2n) is 6.20. The van der Waals surface area contributed by atoms with Crippen LogP contribution in [0.3, 0.4) is 0 Å². The van der Waals surface area contributed by atoms with Crippen molar-refractivity contribution in [2.75, 3.05) is 13.7 Å². The molecule has 0 aliphatic heterocycles. The largest absolute Gasteiger partial charge is 0.497 e. The minimum Gasteiger partial charge on any atom is -0.497 e. The number of fused-ring (bicyclic) bond motifs is 1. The molecule has 2 aromatic heterocycles. The van der Waals surface area contributed by atoms with Gasteiger partial charge in [-0.15, -0.1) is 5.10 Å². The maximum Gasteiger partial charge on any atom is 0.291 e. The smallest absolute Gasteiger partial charge is 0.291 e. The second-order valence-corrected chi connectivity index (χ2v) is 7.20. The highest BCUT2D eigenvalue weighted by Gasteiger charge is 2.12. The van der Waals surface area contributed by atoms with E-state index in [4.69, 9.17) is 9.47 Å². The van der Waals surface area contributed by atoms with E-state index in [1.807, 2.05) is 54.6 Å². The number of methoxy groups -OCH3 is 1. The van der Waals surface area contributed by atoms with Gasteiger partial charge in [0.25, 0.3) is 5.56 Å². The van der Waals surface area contributed by atoms with Gasteiger partial charge in [-0.25, -0.2) is 0 Å². The van der Waals surface area contributed by atoms with Gasteiger partial charge in [-0.2, -0.15) is 9.50 Å². The third kappa shape index (κ3) is 3.61. The Hall–Kier alpha value is -3.19. The summed E-state index contributed by atoms with van der Waals surface area (Å²) >= 11 is 1.32. The number of nitrogens with zero attached hydrogens (tertiary/aromatic N) is 3. The SMILES string of the molecule is CCCOc1ccc(-c2nc3s/c(=C\c4cccc(OC)c4)c(=O)n3n2)cc1. The molecular weight excluding hydrogens is 374 g/mol. The fraction of sp³-hybridized carbons (Fsp3) is 0.190. The fourth-order valence-electron chi connectivity index (χ4n) is 2.76. The minimum atomic E-state index is -0.176. The summed E-state index contributed by atoms with van der Waals surface area (Å²) in [6, 6.07) is 15.1. The molecule has 6 nitrogen and oxygen atoms in total. The van der Waals surface area contributed by atoms with Gasteiger partial charge in [-0.05, 0) is 54.5 Å². The maximum absolute atomic E-state index is 12.7. The summed E-state index contributed by atoms with van der Waals surface area (Å²) in [5.41, 5.74) is 1.56. The van der Waals surface area contributed by atoms with Crippen LogP contribution in [-0.2, 0) is 0 Å². The Labute approximate surface area is 165 Å². The van der Waals surface area contributed by atoms with E-state index in [-0.39, 0.29) is 5.56 Å². The molecule has 0 amide bonds. The summed E-state index contributed by atoms with van der Waals surface area (Å²) in [7, 11) is 1.62. The molecule has 4 aromatic rings. The number of ether oxygens (including phenoxy) is 2. The van der Waals surface area contributed by atoms with E-state index in [1.165, 1.54) is 15.9 Å². The second kappa shape index (κ2) is 7.82. The van der Waals surface area contributed by atoms with Crippen molar-refractivity contribution in [3.63, 3.8) is 0 Å². The zero-order valence-electron chi connectivity index (χ0n) is 15.6. The van der Waals surface area contributed by atoms with E-state index < -0.39 is 0 Å². The zero-order chi connectivity index (χ0) is 19.5. The Kier molecular flexibility index (Phi) is 5.08. The van der Waals surface area contributed by atoms with Gasteiger partial charge >= 0.3 is 0 Å². The van der Waals surface area contributed by atoms with Gasteiger partial charge in [0.1, 0.15) is 11.5 Å². The zero-order valence-corrected chi connectivity index (χ0v) is 16.4. The Morgan fingerprint density at radius 3 is 2.68 bits per heavy atom. The lowest BCUT2D eigenvalue weighted by Crippen LogP contribution is -2.23. The van der Waals surface area contributed by atoms with E-state index >= 15 is 0 Å². The van der Waals surface area contributed by atoms with Gasteiger partial charge in [-0.3, -0.25) is 4.79 Å². The third-order valence-electron chi connectivity index (χ3n) is 4.16. The maximum atomic E-state index is 12.7. The van der Waals surface area contributed by atoms with Crippen LogP contribution in [-0.4, -0.2) is 28.3 Å². The molecule has 0 unspecified atom stereocenters. The van der Waals surface area contributed by atoms with Crippen molar-refractivity contribution < 1.29 is 9.47 Å². The van der Waals surface area contributed by atoms with E-state index in [2.05, 4.69) is 17.0 Å². The topological polar surface area (TPSA) is 65.7 Å². The van der Waals surface area contributed by atoms with E-state index in [1.54, 1.807) is 7.11 Å². The molecular formula is C21H19N3O3S. The highest BCUT2D eigenvalue weighted by molar-refractivity contribution is 7.15. The van der Waals surface area contributed by atoms with Gasteiger partial charge in [0, 0.05) is 5.56 Å². The lowest BCUT2D eigenvalue weighted by atomic mass is 10.2. The van der Waals surface area contributed by atoms with Gasteiger partial charge in [0.05, 0.1) is 18.2 Å². The van der Waals surface area contributed by atoms with Crippen molar-refractivity contribution in [2.45, 2.75) is 13.3 Å². The number of aromatic nitrogens is 3. The lowest BCUT2D eigenvalue weighted by molar-refractivity contribution is 0.317. The average molecular weight is 393 g/mol. The van der Waals surface area contributed by atoms with Crippen LogP contribution < -0.4 is 19.6 Å². The van der Waals surface area contributed by atoms with Crippen LogP contribution in [0.15, 0.2) is 53.3 Å². The molecule has 4 rings (SSSR count). The summed E-state index contributed by atoms with van der Waals surface area (Å²) in [6.45, 7) is 2.75. The third-order valence-corrected chi connectivity index (χ3v) is 5.12. The highest BCUT2D eigenvalue weighted by atomic mass is 32.1. The van der Waals surface area contributed by atoms with Crippen molar-refractivity contribution in [1.29, 1.82) is 0 Å². The number of rotatable bonds is 6. The summed E-state index contributed by atoms with van der Waals surface area (Å²) in [5, 5.41) is 4.39. The molecule has 0 aliphatic rings. The molecule has 0 radical (unpaired) electrons. The van der Waals surface area contributed by atoms with Crippen molar-refractivity contribution in [3.8, 4) is 22.9 Å². The van der Waals surface area contributed by atoms with Crippen molar-refractivity contribution >= 4 is 22.4 Å². The predicted molar refractivity (Wildman–Crippen MR) is 110 cm³/mol. The first kappa shape index (κ1) is 18.2. The summed E-state index contributed by atoms with van der Waals surface area (Å²) < 4.78 is 12.8. The minimum absolute atomic E-state index is 0.176. The Balaban J connectivity index is 1.66. The quantitative estimate of drug-likeness (QED) is 0.503. The number of benzene rings is 2. The molecule has 0 aliphatic carbocycles. The van der Waals surface area contributed by atoms with Crippen LogP contribution in [0.5, 0.6) is 11.5 Å². The molecule has 7 heteroatoms. The van der Waals surface area contributed by atoms with Crippen LogP contribution in [0, 0.1) is 0 Å². The molecule has 2 aromatic carbocycles. The molecule has 0 saturated heterocycles. The molecule has 0 spiro atoms. The average Bonchev–Trinajstić information content (AvgIpc) is 3.26. The standard InChI is InChI=1S/C21H19N3O3S/c1-3-11-27-16-9-7-15(8-10-16)19-22-21-24(23-19)20(25)18(28-21)13-14-5-4-6-17(12-14)26-2/h4-10,12-13H,3,11H2,1-2H3/b18-13-. The van der Waals surface area contributed by atoms with Gasteiger partial charge < -0.3 is 9.47 Å². The predicted octanol–water partition coefficient (Wildman–Crippen LogP) is 3.16. The molecule has 0 fully saturated rings. The molecule has 2 heterocycles. The van der Waals surface area contributed by atoms with Gasteiger partial charge in [-0.1, -0.05) is 30.4 Å². The molecule has 28 heavy (non-hydrogen) atoms. The molecule has 142 valence electrons. The Morgan fingerprint density at radius 2 is 1.96 bits per heavy atom. The number of thiazole rings is 1. The van der Waals surface area contributed by atoms with Crippen molar-refractivity contribution in [3.05, 3.63) is 69.0 Å². The number of hydrogen-bond acceptors (Lipinski definition) is 6. The first-order valence-electron chi connectivity index (χ1n) is 8.96. The highest BCUT2D eigenvalue weighted by Crippen LogP contribution is 2.20. The molecule has 0 atom stereocenters. The first-order valence-corrected chi connectivity index (χ1v) is 9.78. The van der Waals surface area contributed by atoms with Crippen LogP contribution >= 0.6 is 11.3 Å². The Morgan fingerprint density at radius 1 is 1.14 bits per heavy atom. The van der Waals surface area contributed by atoms with Crippen LogP contribution in [0.2, 0.25) is 0 Å². The fourth-order valence-corrected chi connectivity index (χ4v) is 3.67. The molecule has 0 bridgehead atoms. The number of hydrogen-bond donors (Lipinski definition) is 0. The summed E-state index contributed by atoms with van der Waals surface area (Å²) in [5.74, 6) is 2.08. The van der Waals surface area contributed by atoms with Crippen molar-refractivity contribution in [2.24, 2.45) is 0 Å². The lowest BCUT2D eigenvalue weighted by Gasteiger charge is -2.04. The van der Waals surface area contributed by atoms with E-state index in [9.17, 15) is 4.79 Å². The van der Waals surface area contributed by atoms with Crippen LogP contribution in [0.1, 0.15) is 18.9 Å². The Bertz CT molecular complexity index is 1210. The van der Waals surface area contributed by atoms with Crippen LogP contribution in [0.4, 0.5) is 0 Å². The normalized spacial score (nSPS) is 11.9. The van der Waals surface area contributed by atoms with Crippen molar-refractivity contribution in [1.82, 2.24) is 14.6 Å². The monoisotopic (exact) mass is 393 g/mol. The summed E-state index contributed by atoms with van der Waals surface area (Å²) in [6.07, 6.45) is 2.79. The molecule has 0 saturated carbocycles.